The van der Waals surface area contributed by atoms with Crippen molar-refractivity contribution < 1.29 is 4.79 Å². The largest absolute Gasteiger partial charge is 0.289 e. The minimum atomic E-state index is 0.437. The highest BCUT2D eigenvalue weighted by molar-refractivity contribution is 5.73. The predicted molar refractivity (Wildman–Crippen MR) is 202 cm³/mol. The zero-order valence-electron chi connectivity index (χ0n) is 26.1. The van der Waals surface area contributed by atoms with Gasteiger partial charge in [-0.25, -0.2) is 0 Å². The molecule has 0 saturated heterocycles. The normalized spacial score (nSPS) is 3.98. The Hall–Kier alpha value is -11.3. The summed E-state index contributed by atoms with van der Waals surface area (Å²) in [6, 6.07) is 0. The van der Waals surface area contributed by atoms with E-state index in [0.717, 1.165) is 0 Å². The maximum absolute atomic E-state index is 9.94. The van der Waals surface area contributed by atoms with Crippen LogP contribution in [0.15, 0.2) is 0 Å². The van der Waals surface area contributed by atoms with Gasteiger partial charge in [0.15, 0.2) is 6.29 Å². The molecule has 0 rings (SSSR count). The summed E-state index contributed by atoms with van der Waals surface area (Å²) in [5, 5.41) is 0. The van der Waals surface area contributed by atoms with Crippen molar-refractivity contribution in [2.75, 3.05) is 0 Å². The number of carbonyl (C=O) groups excluding carboxylic acids is 1. The highest BCUT2D eigenvalue weighted by Gasteiger charge is 1.62. The van der Waals surface area contributed by atoms with Crippen LogP contribution in [0.1, 0.15) is 0 Å². The Bertz CT molecular complexity index is 3170. The summed E-state index contributed by atoms with van der Waals surface area (Å²) < 4.78 is 0. The first-order valence-electron chi connectivity index (χ1n) is 12.8. The van der Waals surface area contributed by atoms with E-state index in [2.05, 4.69) is 290 Å². The average molecular weight is 631 g/mol. The van der Waals surface area contributed by atoms with Crippen LogP contribution >= 0.6 is 0 Å². The van der Waals surface area contributed by atoms with Gasteiger partial charge in [0, 0.05) is 189 Å². The standard InChI is InChI=1S/C51H2O/c1-2-3-4-5-6-7-8-9-10-11-12-13-14-15-16-17-18-19-20-21-22-23-24-25-26-27-28-29-30-31-32-33-34-35-36-37-38-39-40-41-42-43-44-45-46-47-48-49-50-51-52/h1,51H. The monoisotopic (exact) mass is 630 g/mol. The van der Waals surface area contributed by atoms with Crippen molar-refractivity contribution in [2.24, 2.45) is 0 Å². The van der Waals surface area contributed by atoms with E-state index >= 15 is 0 Å². The van der Waals surface area contributed by atoms with Crippen LogP contribution in [-0.2, 0) is 4.79 Å². The molecule has 0 radical (unpaired) electrons. The molecule has 0 aromatic carbocycles. The van der Waals surface area contributed by atoms with Crippen LogP contribution in [0.3, 0.4) is 0 Å². The number of hydrogen-bond acceptors (Lipinski definition) is 1. The summed E-state index contributed by atoms with van der Waals surface area (Å²) in [6.45, 7) is 0. The smallest absolute Gasteiger partial charge is 0.193 e. The third-order valence-electron chi connectivity index (χ3n) is 3.08. The van der Waals surface area contributed by atoms with Gasteiger partial charge in [-0.3, -0.25) is 4.79 Å². The Morgan fingerprint density at radius 3 is 0.423 bits per heavy atom. The fraction of sp³-hybridized carbons (Fsp3) is 0. The van der Waals surface area contributed by atoms with Crippen LogP contribution in [0, 0.1) is 297 Å². The molecular weight excluding hydrogens is 629 g/mol. The molecule has 52 heavy (non-hydrogen) atoms. The van der Waals surface area contributed by atoms with E-state index in [0.29, 0.717) is 6.29 Å². The average Bonchev–Trinajstić information content (AvgIpc) is 3.16. The molecule has 212 valence electrons. The van der Waals surface area contributed by atoms with Gasteiger partial charge < -0.3 is 0 Å². The Morgan fingerprint density at radius 2 is 0.308 bits per heavy atom. The molecule has 0 aromatic rings. The van der Waals surface area contributed by atoms with Crippen molar-refractivity contribution in [3.63, 3.8) is 0 Å². The van der Waals surface area contributed by atoms with E-state index < -0.39 is 0 Å². The second-order valence-corrected chi connectivity index (χ2v) is 6.28. The van der Waals surface area contributed by atoms with E-state index in [9.17, 15) is 4.79 Å². The zero-order chi connectivity index (χ0) is 37.4. The first kappa shape index (κ1) is 40.7. The molecule has 1 heteroatoms. The topological polar surface area (TPSA) is 17.1 Å². The summed E-state index contributed by atoms with van der Waals surface area (Å²) in [4.78, 5) is 9.94. The lowest BCUT2D eigenvalue weighted by Gasteiger charge is -1.57. The Morgan fingerprint density at radius 1 is 0.192 bits per heavy atom. The minimum Gasteiger partial charge on any atom is -0.289 e. The molecule has 0 saturated carbocycles. The van der Waals surface area contributed by atoms with E-state index in [-0.39, 0.29) is 0 Å². The lowest BCUT2D eigenvalue weighted by molar-refractivity contribution is -0.103. The van der Waals surface area contributed by atoms with Crippen LogP contribution in [-0.4, -0.2) is 6.29 Å². The molecule has 0 unspecified atom stereocenters. The Labute approximate surface area is 306 Å². The summed E-state index contributed by atoms with van der Waals surface area (Å²) in [6.07, 6.45) is 5.37. The van der Waals surface area contributed by atoms with Gasteiger partial charge in [0.05, 0.1) is 0 Å². The van der Waals surface area contributed by atoms with Gasteiger partial charge in [0.1, 0.15) is 0 Å². The molecule has 0 spiro atoms. The SMILES string of the molecule is C#CC#CC#CC#CC#CC#CC#CC#CC#CC#CC#CC#CC#CC#CC#CC#CC#CC#CC#CC#CC#CC#CC#CC#CC#CC=O. The first-order valence-corrected chi connectivity index (χ1v) is 12.8. The lowest BCUT2D eigenvalue weighted by atomic mass is 10.4. The summed E-state index contributed by atoms with van der Waals surface area (Å²) in [5.74, 6) is 120. The summed E-state index contributed by atoms with van der Waals surface area (Å²) in [5.41, 5.74) is 0. The highest BCUT2D eigenvalue weighted by Crippen LogP contribution is 1.62. The molecule has 0 amide bonds. The maximum Gasteiger partial charge on any atom is 0.193 e. The van der Waals surface area contributed by atoms with Gasteiger partial charge >= 0.3 is 0 Å². The van der Waals surface area contributed by atoms with Gasteiger partial charge in [0.2, 0.25) is 0 Å². The third kappa shape index (κ3) is 38.7. The Balaban J connectivity index is 4.57. The van der Waals surface area contributed by atoms with Crippen LogP contribution in [0.2, 0.25) is 0 Å². The molecule has 0 atom stereocenters. The fourth-order valence-electron chi connectivity index (χ4n) is 1.51. The number of aldehydes is 1. The van der Waals surface area contributed by atoms with Gasteiger partial charge in [0.25, 0.3) is 0 Å². The van der Waals surface area contributed by atoms with Crippen LogP contribution in [0.4, 0.5) is 0 Å². The molecule has 0 aromatic heterocycles. The van der Waals surface area contributed by atoms with Gasteiger partial charge in [-0.15, -0.1) is 6.42 Å². The molecule has 0 fully saturated rings. The highest BCUT2D eigenvalue weighted by atomic mass is 16.1. The van der Waals surface area contributed by atoms with E-state index in [4.69, 9.17) is 6.42 Å². The zero-order valence-corrected chi connectivity index (χ0v) is 26.1. The number of terminal acetylenes is 1. The Kier molecular flexibility index (Phi) is 31.0. The quantitative estimate of drug-likeness (QED) is 0.270. The minimum absolute atomic E-state index is 0.437. The van der Waals surface area contributed by atoms with Crippen LogP contribution < -0.4 is 0 Å². The molecule has 0 aliphatic carbocycles. The molecule has 0 aliphatic rings. The van der Waals surface area contributed by atoms with E-state index in [1.807, 2.05) is 0 Å². The second kappa shape index (κ2) is 39.7. The fourth-order valence-corrected chi connectivity index (χ4v) is 1.51. The van der Waals surface area contributed by atoms with Crippen LogP contribution in [0.5, 0.6) is 0 Å². The molecular formula is C51H2O. The van der Waals surface area contributed by atoms with E-state index in [1.165, 1.54) is 0 Å². The first-order chi connectivity index (χ1) is 25.9. The number of carbonyl (C=O) groups is 1. The third-order valence-corrected chi connectivity index (χ3v) is 3.08. The predicted octanol–water partition coefficient (Wildman–Crippen LogP) is -0.0999. The second-order valence-electron chi connectivity index (χ2n) is 6.28. The number of hydrogen-bond donors (Lipinski definition) is 0. The lowest BCUT2D eigenvalue weighted by Crippen LogP contribution is -1.58. The summed E-state index contributed by atoms with van der Waals surface area (Å²) in [7, 11) is 0. The van der Waals surface area contributed by atoms with Crippen molar-refractivity contribution in [1.82, 2.24) is 0 Å². The number of rotatable bonds is 0. The van der Waals surface area contributed by atoms with Crippen molar-refractivity contribution in [1.29, 1.82) is 0 Å². The van der Waals surface area contributed by atoms with Crippen molar-refractivity contribution in [3.05, 3.63) is 0 Å². The van der Waals surface area contributed by atoms with Crippen molar-refractivity contribution >= 4 is 6.29 Å². The molecule has 0 bridgehead atoms. The molecule has 0 aliphatic heterocycles. The van der Waals surface area contributed by atoms with Crippen molar-refractivity contribution in [2.45, 2.75) is 0 Å². The van der Waals surface area contributed by atoms with Gasteiger partial charge in [-0.2, -0.15) is 0 Å². The van der Waals surface area contributed by atoms with Gasteiger partial charge in [-0.05, 0) is 101 Å². The van der Waals surface area contributed by atoms with Crippen LogP contribution in [0.25, 0.3) is 0 Å². The summed E-state index contributed by atoms with van der Waals surface area (Å²) >= 11 is 0. The maximum atomic E-state index is 9.94. The molecule has 1 nitrogen and oxygen atoms in total. The molecule has 0 heterocycles. The van der Waals surface area contributed by atoms with E-state index in [1.54, 1.807) is 0 Å². The van der Waals surface area contributed by atoms with Gasteiger partial charge in [-0.1, -0.05) is 0 Å². The van der Waals surface area contributed by atoms with Crippen molar-refractivity contribution in [3.8, 4) is 297 Å². The molecule has 0 N–H and O–H groups in total.